The normalized spacial score (nSPS) is 9.58. The van der Waals surface area contributed by atoms with Crippen LogP contribution in [0.4, 0.5) is 5.69 Å². The standard InChI is InChI=1S/C11H16N2O4.C2H6/c1-7(2)6-13-10-5-8(16-17-15)3-4-9(10)11(12)14;1-2/h3-5,7,13,15H,6H2,1-2H3,(H2,12,14);1-2H3. The summed E-state index contributed by atoms with van der Waals surface area (Å²) in [5, 5.41) is 14.8. The van der Waals surface area contributed by atoms with E-state index in [4.69, 9.17) is 11.0 Å². The zero-order valence-electron chi connectivity index (χ0n) is 11.8. The molecule has 0 atom stereocenters. The second-order valence-corrected chi connectivity index (χ2v) is 4.00. The van der Waals surface area contributed by atoms with Crippen LogP contribution in [0.25, 0.3) is 0 Å². The molecule has 0 aliphatic rings. The van der Waals surface area contributed by atoms with Crippen LogP contribution in [0, 0.1) is 5.92 Å². The molecule has 0 aliphatic heterocycles. The fourth-order valence-corrected chi connectivity index (χ4v) is 1.29. The number of nitrogens with one attached hydrogen (secondary N) is 1. The van der Waals surface area contributed by atoms with E-state index in [0.717, 1.165) is 0 Å². The molecule has 6 heteroatoms. The number of hydrogen-bond acceptors (Lipinski definition) is 5. The van der Waals surface area contributed by atoms with Crippen molar-refractivity contribution in [3.63, 3.8) is 0 Å². The number of benzene rings is 1. The lowest BCUT2D eigenvalue weighted by atomic mass is 10.1. The average molecular weight is 270 g/mol. The quantitative estimate of drug-likeness (QED) is 0.545. The molecule has 0 radical (unpaired) electrons. The molecule has 0 saturated carbocycles. The second-order valence-electron chi connectivity index (χ2n) is 4.00. The molecule has 0 saturated heterocycles. The molecule has 0 unspecified atom stereocenters. The van der Waals surface area contributed by atoms with Crippen molar-refractivity contribution < 1.29 is 20.0 Å². The molecule has 4 N–H and O–H groups in total. The molecule has 0 aromatic heterocycles. The Kier molecular flexibility index (Phi) is 8.32. The Morgan fingerprint density at radius 1 is 1.42 bits per heavy atom. The van der Waals surface area contributed by atoms with Crippen molar-refractivity contribution in [3.05, 3.63) is 23.8 Å². The maximum atomic E-state index is 11.2. The van der Waals surface area contributed by atoms with Gasteiger partial charge in [0.15, 0.2) is 5.75 Å². The molecule has 0 fully saturated rings. The first-order valence-electron chi connectivity index (χ1n) is 6.20. The van der Waals surface area contributed by atoms with Crippen LogP contribution in [0.15, 0.2) is 18.2 Å². The van der Waals surface area contributed by atoms with Gasteiger partial charge in [-0.05, 0) is 23.1 Å². The lowest BCUT2D eigenvalue weighted by molar-refractivity contribution is -0.438. The van der Waals surface area contributed by atoms with Crippen LogP contribution in [0.2, 0.25) is 0 Å². The van der Waals surface area contributed by atoms with Crippen molar-refractivity contribution in [1.29, 1.82) is 0 Å². The summed E-state index contributed by atoms with van der Waals surface area (Å²) in [7, 11) is 0. The van der Waals surface area contributed by atoms with Crippen LogP contribution >= 0.6 is 0 Å². The summed E-state index contributed by atoms with van der Waals surface area (Å²) in [4.78, 5) is 15.6. The molecule has 6 nitrogen and oxygen atoms in total. The topological polar surface area (TPSA) is 93.8 Å². The Morgan fingerprint density at radius 3 is 2.53 bits per heavy atom. The van der Waals surface area contributed by atoms with E-state index in [1.807, 2.05) is 27.7 Å². The van der Waals surface area contributed by atoms with Crippen LogP contribution < -0.4 is 15.9 Å². The fraction of sp³-hybridized carbons (Fsp3) is 0.462. The zero-order valence-corrected chi connectivity index (χ0v) is 11.8. The van der Waals surface area contributed by atoms with E-state index in [0.29, 0.717) is 23.7 Å². The van der Waals surface area contributed by atoms with Crippen LogP contribution in [0.3, 0.4) is 0 Å². The summed E-state index contributed by atoms with van der Waals surface area (Å²) < 4.78 is 0. The first-order chi connectivity index (χ1) is 9.04. The Hall–Kier alpha value is -1.79. The minimum Gasteiger partial charge on any atom is -0.384 e. The number of carbonyl (C=O) groups excluding carboxylic acids is 1. The average Bonchev–Trinajstić information content (AvgIpc) is 2.39. The Morgan fingerprint density at radius 2 is 2.05 bits per heavy atom. The van der Waals surface area contributed by atoms with Crippen molar-refractivity contribution in [2.75, 3.05) is 11.9 Å². The van der Waals surface area contributed by atoms with Crippen molar-refractivity contribution >= 4 is 11.6 Å². The van der Waals surface area contributed by atoms with E-state index in [1.165, 1.54) is 18.2 Å². The maximum Gasteiger partial charge on any atom is 0.250 e. The minimum atomic E-state index is -0.535. The van der Waals surface area contributed by atoms with Gasteiger partial charge in [0.2, 0.25) is 0 Å². The van der Waals surface area contributed by atoms with Crippen molar-refractivity contribution in [1.82, 2.24) is 0 Å². The van der Waals surface area contributed by atoms with Gasteiger partial charge >= 0.3 is 0 Å². The Bertz CT molecular complexity index is 394. The first-order valence-corrected chi connectivity index (χ1v) is 6.20. The Balaban J connectivity index is 0.00000154. The van der Waals surface area contributed by atoms with Gasteiger partial charge in [-0.15, -0.1) is 0 Å². The largest absolute Gasteiger partial charge is 0.384 e. The van der Waals surface area contributed by atoms with E-state index in [1.54, 1.807) is 0 Å². The van der Waals surface area contributed by atoms with Gasteiger partial charge in [0.25, 0.3) is 5.91 Å². The molecule has 1 amide bonds. The highest BCUT2D eigenvalue weighted by molar-refractivity contribution is 5.98. The first kappa shape index (κ1) is 17.2. The predicted molar refractivity (Wildman–Crippen MR) is 74.0 cm³/mol. The van der Waals surface area contributed by atoms with Gasteiger partial charge < -0.3 is 15.9 Å². The fourth-order valence-electron chi connectivity index (χ4n) is 1.29. The van der Waals surface area contributed by atoms with E-state index in [2.05, 4.69) is 15.2 Å². The summed E-state index contributed by atoms with van der Waals surface area (Å²) in [6, 6.07) is 4.49. The number of primary amides is 1. The number of hydrogen-bond donors (Lipinski definition) is 3. The molecule has 1 aromatic carbocycles. The molecular weight excluding hydrogens is 248 g/mol. The molecule has 19 heavy (non-hydrogen) atoms. The molecule has 1 aromatic rings. The van der Waals surface area contributed by atoms with Gasteiger partial charge in [0.1, 0.15) is 0 Å². The van der Waals surface area contributed by atoms with E-state index >= 15 is 0 Å². The van der Waals surface area contributed by atoms with Crippen molar-refractivity contribution in [3.8, 4) is 5.75 Å². The molecule has 1 rings (SSSR count). The maximum absolute atomic E-state index is 11.2. The van der Waals surface area contributed by atoms with Gasteiger partial charge in [0, 0.05) is 12.6 Å². The molecule has 108 valence electrons. The third-order valence-corrected chi connectivity index (χ3v) is 2.09. The number of carbonyl (C=O) groups is 1. The molecular formula is C13H22N2O4. The summed E-state index contributed by atoms with van der Waals surface area (Å²) in [5.74, 6) is 0.144. The SMILES string of the molecule is CC.CC(C)CNc1cc(OOO)ccc1C(N)=O. The molecule has 0 aliphatic carbocycles. The summed E-state index contributed by atoms with van der Waals surface area (Å²) in [6.07, 6.45) is 0. The lowest BCUT2D eigenvalue weighted by Gasteiger charge is -2.12. The number of anilines is 1. The van der Waals surface area contributed by atoms with Crippen molar-refractivity contribution in [2.45, 2.75) is 27.7 Å². The molecule has 0 spiro atoms. The van der Waals surface area contributed by atoms with Crippen LogP contribution in [-0.2, 0) is 5.04 Å². The summed E-state index contributed by atoms with van der Waals surface area (Å²) in [6.45, 7) is 8.76. The van der Waals surface area contributed by atoms with Gasteiger partial charge in [-0.1, -0.05) is 27.7 Å². The predicted octanol–water partition coefficient (Wildman–Crippen LogP) is 2.66. The number of rotatable bonds is 6. The Labute approximate surface area is 113 Å². The minimum absolute atomic E-state index is 0.267. The van der Waals surface area contributed by atoms with Gasteiger partial charge in [0.05, 0.1) is 11.3 Å². The highest BCUT2D eigenvalue weighted by Crippen LogP contribution is 2.22. The monoisotopic (exact) mass is 270 g/mol. The van der Waals surface area contributed by atoms with Gasteiger partial charge in [-0.2, -0.15) is 0 Å². The van der Waals surface area contributed by atoms with E-state index < -0.39 is 5.91 Å². The lowest BCUT2D eigenvalue weighted by Crippen LogP contribution is -2.16. The molecule has 0 bridgehead atoms. The van der Waals surface area contributed by atoms with E-state index in [9.17, 15) is 4.79 Å². The highest BCUT2D eigenvalue weighted by Gasteiger charge is 2.10. The summed E-state index contributed by atoms with van der Waals surface area (Å²) >= 11 is 0. The van der Waals surface area contributed by atoms with Gasteiger partial charge in [-0.3, -0.25) is 4.79 Å². The highest BCUT2D eigenvalue weighted by atomic mass is 17.5. The van der Waals surface area contributed by atoms with Crippen LogP contribution in [0.1, 0.15) is 38.1 Å². The van der Waals surface area contributed by atoms with Crippen molar-refractivity contribution in [2.24, 2.45) is 11.7 Å². The zero-order chi connectivity index (χ0) is 14.8. The number of nitrogens with two attached hydrogens (primary N) is 1. The third kappa shape index (κ3) is 6.08. The summed E-state index contributed by atoms with van der Waals surface area (Å²) in [5.41, 5.74) is 6.14. The van der Waals surface area contributed by atoms with Crippen LogP contribution in [0.5, 0.6) is 5.75 Å². The number of amides is 1. The van der Waals surface area contributed by atoms with Crippen LogP contribution in [-0.4, -0.2) is 17.7 Å². The third-order valence-electron chi connectivity index (χ3n) is 2.09. The molecule has 0 heterocycles. The van der Waals surface area contributed by atoms with E-state index in [-0.39, 0.29) is 5.75 Å². The smallest absolute Gasteiger partial charge is 0.250 e. The van der Waals surface area contributed by atoms with Gasteiger partial charge in [-0.25, -0.2) is 5.26 Å². The second kappa shape index (κ2) is 9.18.